The Morgan fingerprint density at radius 1 is 1.44 bits per heavy atom. The number of nitrogens with zero attached hydrogens (tertiary/aromatic N) is 2. The highest BCUT2D eigenvalue weighted by atomic mass is 16.2. The Labute approximate surface area is 104 Å². The average molecular weight is 246 g/mol. The molecule has 94 valence electrons. The Morgan fingerprint density at radius 3 is 2.78 bits per heavy atom. The van der Waals surface area contributed by atoms with Crippen LogP contribution in [0.15, 0.2) is 29.1 Å². The highest BCUT2D eigenvalue weighted by Crippen LogP contribution is 2.06. The Bertz CT molecular complexity index is 627. The van der Waals surface area contributed by atoms with Crippen LogP contribution < -0.4 is 11.0 Å². The minimum absolute atomic E-state index is 0.0242. The van der Waals surface area contributed by atoms with Crippen molar-refractivity contribution in [2.75, 3.05) is 0 Å². The molecule has 2 N–H and O–H groups in total. The van der Waals surface area contributed by atoms with Crippen LogP contribution >= 0.6 is 0 Å². The zero-order valence-corrected chi connectivity index (χ0v) is 10.2. The van der Waals surface area contributed by atoms with Gasteiger partial charge in [0.25, 0.3) is 5.91 Å². The maximum Gasteiger partial charge on any atom is 0.343 e. The average Bonchev–Trinajstić information content (AvgIpc) is 2.68. The van der Waals surface area contributed by atoms with Crippen molar-refractivity contribution < 1.29 is 4.79 Å². The summed E-state index contributed by atoms with van der Waals surface area (Å²) >= 11 is 0. The van der Waals surface area contributed by atoms with E-state index in [0.29, 0.717) is 6.54 Å². The smallest absolute Gasteiger partial charge is 0.343 e. The van der Waals surface area contributed by atoms with Crippen LogP contribution in [0, 0.1) is 6.92 Å². The van der Waals surface area contributed by atoms with Gasteiger partial charge in [0.05, 0.1) is 0 Å². The molecule has 2 aromatic rings. The number of hydrogen-bond acceptors (Lipinski definition) is 3. The molecule has 0 aliphatic carbocycles. The van der Waals surface area contributed by atoms with Crippen molar-refractivity contribution in [2.24, 2.45) is 7.05 Å². The molecule has 0 aliphatic rings. The van der Waals surface area contributed by atoms with Crippen LogP contribution in [-0.2, 0) is 13.6 Å². The fourth-order valence-corrected chi connectivity index (χ4v) is 1.57. The predicted octanol–water partition coefficient (Wildman–Crippen LogP) is 0.347. The van der Waals surface area contributed by atoms with Crippen LogP contribution in [-0.4, -0.2) is 20.7 Å². The number of H-pyrrole nitrogens is 1. The van der Waals surface area contributed by atoms with E-state index in [1.54, 1.807) is 0 Å². The summed E-state index contributed by atoms with van der Waals surface area (Å²) in [6.07, 6.45) is 0. The number of aromatic amines is 1. The van der Waals surface area contributed by atoms with E-state index in [2.05, 4.69) is 15.4 Å². The van der Waals surface area contributed by atoms with Gasteiger partial charge in [0.1, 0.15) is 0 Å². The molecule has 1 aromatic carbocycles. The van der Waals surface area contributed by atoms with Crippen molar-refractivity contribution in [2.45, 2.75) is 13.5 Å². The molecule has 0 aliphatic heterocycles. The SMILES string of the molecule is Cc1ccccc1CNC(=O)c1nn(C)c(=O)[nH]1. The molecule has 0 spiro atoms. The Hall–Kier alpha value is -2.37. The molecule has 0 fully saturated rings. The number of carbonyl (C=O) groups is 1. The first-order chi connectivity index (χ1) is 8.58. The fraction of sp³-hybridized carbons (Fsp3) is 0.250. The molecule has 0 saturated heterocycles. The summed E-state index contributed by atoms with van der Waals surface area (Å²) in [5.41, 5.74) is 1.73. The van der Waals surface area contributed by atoms with Crippen molar-refractivity contribution in [1.82, 2.24) is 20.1 Å². The molecule has 2 rings (SSSR count). The lowest BCUT2D eigenvalue weighted by molar-refractivity contribution is 0.0940. The third kappa shape index (κ3) is 2.48. The number of carbonyl (C=O) groups excluding carboxylic acids is 1. The van der Waals surface area contributed by atoms with E-state index >= 15 is 0 Å². The molecule has 0 saturated carbocycles. The Kier molecular flexibility index (Phi) is 3.27. The molecule has 18 heavy (non-hydrogen) atoms. The summed E-state index contributed by atoms with van der Waals surface area (Å²) in [6, 6.07) is 7.77. The van der Waals surface area contributed by atoms with Gasteiger partial charge in [0.15, 0.2) is 0 Å². The number of aromatic nitrogens is 3. The van der Waals surface area contributed by atoms with Crippen LogP contribution in [0.4, 0.5) is 0 Å². The lowest BCUT2D eigenvalue weighted by atomic mass is 10.1. The van der Waals surface area contributed by atoms with Crippen LogP contribution in [0.3, 0.4) is 0 Å². The zero-order valence-electron chi connectivity index (χ0n) is 10.2. The molecule has 0 unspecified atom stereocenters. The summed E-state index contributed by atoms with van der Waals surface area (Å²) in [5, 5.41) is 6.49. The first-order valence-electron chi connectivity index (χ1n) is 5.54. The summed E-state index contributed by atoms with van der Waals surface area (Å²) in [7, 11) is 1.48. The van der Waals surface area contributed by atoms with E-state index in [1.165, 1.54) is 7.05 Å². The molecular formula is C12H14N4O2. The van der Waals surface area contributed by atoms with Crippen LogP contribution in [0.5, 0.6) is 0 Å². The van der Waals surface area contributed by atoms with E-state index in [0.717, 1.165) is 15.8 Å². The van der Waals surface area contributed by atoms with Gasteiger partial charge >= 0.3 is 5.69 Å². The van der Waals surface area contributed by atoms with Crippen LogP contribution in [0.25, 0.3) is 0 Å². The van der Waals surface area contributed by atoms with Gasteiger partial charge in [-0.3, -0.25) is 9.78 Å². The molecule has 6 nitrogen and oxygen atoms in total. The van der Waals surface area contributed by atoms with Gasteiger partial charge in [-0.2, -0.15) is 0 Å². The van der Waals surface area contributed by atoms with E-state index in [1.807, 2.05) is 31.2 Å². The van der Waals surface area contributed by atoms with Crippen molar-refractivity contribution in [3.8, 4) is 0 Å². The van der Waals surface area contributed by atoms with Gasteiger partial charge < -0.3 is 5.32 Å². The van der Waals surface area contributed by atoms with E-state index in [4.69, 9.17) is 0 Å². The molecule has 0 atom stereocenters. The maximum atomic E-state index is 11.7. The lowest BCUT2D eigenvalue weighted by Crippen LogP contribution is -2.24. The van der Waals surface area contributed by atoms with Gasteiger partial charge in [-0.1, -0.05) is 24.3 Å². The molecular weight excluding hydrogens is 232 g/mol. The van der Waals surface area contributed by atoms with E-state index < -0.39 is 11.6 Å². The summed E-state index contributed by atoms with van der Waals surface area (Å²) in [4.78, 5) is 25.3. The number of benzene rings is 1. The first kappa shape index (κ1) is 12.1. The number of amides is 1. The number of rotatable bonds is 3. The number of aryl methyl sites for hydroxylation is 2. The second-order valence-corrected chi connectivity index (χ2v) is 4.01. The predicted molar refractivity (Wildman–Crippen MR) is 66.2 cm³/mol. The first-order valence-corrected chi connectivity index (χ1v) is 5.54. The van der Waals surface area contributed by atoms with Crippen LogP contribution in [0.1, 0.15) is 21.7 Å². The summed E-state index contributed by atoms with van der Waals surface area (Å²) < 4.78 is 1.09. The largest absolute Gasteiger partial charge is 0.345 e. The molecule has 1 heterocycles. The van der Waals surface area contributed by atoms with Gasteiger partial charge in [-0.15, -0.1) is 5.10 Å². The highest BCUT2D eigenvalue weighted by Gasteiger charge is 2.11. The van der Waals surface area contributed by atoms with Crippen molar-refractivity contribution >= 4 is 5.91 Å². The lowest BCUT2D eigenvalue weighted by Gasteiger charge is -2.05. The second kappa shape index (κ2) is 4.87. The normalized spacial score (nSPS) is 10.3. The summed E-state index contributed by atoms with van der Waals surface area (Å²) in [5.74, 6) is -0.368. The zero-order chi connectivity index (χ0) is 13.1. The molecule has 1 aromatic heterocycles. The van der Waals surface area contributed by atoms with Gasteiger partial charge in [0, 0.05) is 13.6 Å². The quantitative estimate of drug-likeness (QED) is 0.820. The molecule has 6 heteroatoms. The summed E-state index contributed by atoms with van der Waals surface area (Å²) in [6.45, 7) is 2.38. The second-order valence-electron chi connectivity index (χ2n) is 4.01. The maximum absolute atomic E-state index is 11.7. The topological polar surface area (TPSA) is 79.8 Å². The Morgan fingerprint density at radius 2 is 2.17 bits per heavy atom. The fourth-order valence-electron chi connectivity index (χ4n) is 1.57. The number of hydrogen-bond donors (Lipinski definition) is 2. The standard InChI is InChI=1S/C12H14N4O2/c1-8-5-3-4-6-9(8)7-13-11(17)10-14-12(18)16(2)15-10/h3-6H,7H2,1-2H3,(H,13,17)(H,14,15,18). The highest BCUT2D eigenvalue weighted by molar-refractivity contribution is 5.90. The van der Waals surface area contributed by atoms with Crippen molar-refractivity contribution in [3.05, 3.63) is 51.7 Å². The minimum atomic E-state index is -0.406. The third-order valence-electron chi connectivity index (χ3n) is 2.68. The van der Waals surface area contributed by atoms with E-state index in [-0.39, 0.29) is 5.82 Å². The van der Waals surface area contributed by atoms with Crippen LogP contribution in [0.2, 0.25) is 0 Å². The molecule has 0 bridgehead atoms. The molecule has 0 radical (unpaired) electrons. The minimum Gasteiger partial charge on any atom is -0.345 e. The van der Waals surface area contributed by atoms with Gasteiger partial charge in [-0.05, 0) is 18.1 Å². The monoisotopic (exact) mass is 246 g/mol. The van der Waals surface area contributed by atoms with E-state index in [9.17, 15) is 9.59 Å². The van der Waals surface area contributed by atoms with Crippen molar-refractivity contribution in [3.63, 3.8) is 0 Å². The Balaban J connectivity index is 2.05. The van der Waals surface area contributed by atoms with Gasteiger partial charge in [0.2, 0.25) is 5.82 Å². The van der Waals surface area contributed by atoms with Gasteiger partial charge in [-0.25, -0.2) is 9.48 Å². The van der Waals surface area contributed by atoms with Crippen molar-refractivity contribution in [1.29, 1.82) is 0 Å². The third-order valence-corrected chi connectivity index (χ3v) is 2.68. The number of nitrogens with one attached hydrogen (secondary N) is 2. The molecule has 1 amide bonds.